The number of methoxy groups -OCH3 is 1. The first-order chi connectivity index (χ1) is 13.0. The molecule has 3 N–H and O–H groups in total. The van der Waals surface area contributed by atoms with Gasteiger partial charge in [-0.25, -0.2) is 19.4 Å². The van der Waals surface area contributed by atoms with Gasteiger partial charge in [0.2, 0.25) is 11.9 Å². The van der Waals surface area contributed by atoms with Gasteiger partial charge in [0, 0.05) is 25.0 Å². The van der Waals surface area contributed by atoms with Crippen molar-refractivity contribution < 1.29 is 9.13 Å². The van der Waals surface area contributed by atoms with E-state index in [1.54, 1.807) is 19.2 Å². The van der Waals surface area contributed by atoms with Crippen LogP contribution in [0.2, 0.25) is 0 Å². The molecule has 27 heavy (non-hydrogen) atoms. The first kappa shape index (κ1) is 20.7. The Morgan fingerprint density at radius 1 is 1.19 bits per heavy atom. The first-order valence-electron chi connectivity index (χ1n) is 8.38. The molecule has 144 valence electrons. The van der Waals surface area contributed by atoms with Crippen molar-refractivity contribution in [2.24, 2.45) is 4.99 Å². The summed E-state index contributed by atoms with van der Waals surface area (Å²) in [5, 5.41) is 9.44. The fraction of sp³-hybridized carbons (Fsp3) is 0.333. The molecule has 0 radical (unpaired) electrons. The molecule has 1 aromatic heterocycles. The summed E-state index contributed by atoms with van der Waals surface area (Å²) < 4.78 is 18.0. The number of thiocarbonyl (C=S) groups is 1. The quantitative estimate of drug-likeness (QED) is 0.302. The van der Waals surface area contributed by atoms with E-state index in [-0.39, 0.29) is 5.82 Å². The van der Waals surface area contributed by atoms with Crippen molar-refractivity contribution in [2.75, 3.05) is 25.6 Å². The number of rotatable bonds is 6. The smallest absolute Gasteiger partial charge is 0.229 e. The van der Waals surface area contributed by atoms with Crippen molar-refractivity contribution in [1.29, 1.82) is 0 Å². The van der Waals surface area contributed by atoms with Crippen LogP contribution in [0.15, 0.2) is 35.3 Å². The van der Waals surface area contributed by atoms with Crippen molar-refractivity contribution in [3.63, 3.8) is 0 Å². The van der Waals surface area contributed by atoms with Crippen LogP contribution in [0.4, 0.5) is 10.3 Å². The minimum atomic E-state index is -0.286. The molecular formula is C18H23FN6OS. The molecule has 2 rings (SSSR count). The Balaban J connectivity index is 2.12. The summed E-state index contributed by atoms with van der Waals surface area (Å²) in [5.41, 5.74) is 2.53. The SMILES string of the molecule is COCCNC(=S)NC(=NCc1ccc(F)cc1)Nc1nc(C)cc(C)n1. The summed E-state index contributed by atoms with van der Waals surface area (Å²) in [4.78, 5) is 13.2. The van der Waals surface area contributed by atoms with Gasteiger partial charge >= 0.3 is 0 Å². The van der Waals surface area contributed by atoms with Gasteiger partial charge in [-0.3, -0.25) is 5.32 Å². The van der Waals surface area contributed by atoms with Gasteiger partial charge in [-0.2, -0.15) is 0 Å². The Morgan fingerprint density at radius 2 is 1.85 bits per heavy atom. The summed E-state index contributed by atoms with van der Waals surface area (Å²) >= 11 is 5.27. The number of halogens is 1. The molecule has 0 unspecified atom stereocenters. The molecule has 0 saturated heterocycles. The second-order valence-electron chi connectivity index (χ2n) is 5.76. The van der Waals surface area contributed by atoms with Gasteiger partial charge in [-0.05, 0) is 49.8 Å². The van der Waals surface area contributed by atoms with E-state index < -0.39 is 0 Å². The standard InChI is InChI=1S/C18H23FN6OS/c1-12-10-13(2)23-17(22-12)24-16(25-18(27)20-8-9-26-3)21-11-14-4-6-15(19)7-5-14/h4-7,10H,8-9,11H2,1-3H3,(H3,20,21,22,23,24,25,27). The highest BCUT2D eigenvalue weighted by Crippen LogP contribution is 2.06. The molecule has 0 fully saturated rings. The zero-order valence-corrected chi connectivity index (χ0v) is 16.4. The molecule has 1 heterocycles. The third-order valence-corrected chi connectivity index (χ3v) is 3.62. The first-order valence-corrected chi connectivity index (χ1v) is 8.79. The summed E-state index contributed by atoms with van der Waals surface area (Å²) in [6.45, 7) is 5.20. The monoisotopic (exact) mass is 390 g/mol. The van der Waals surface area contributed by atoms with E-state index in [0.717, 1.165) is 17.0 Å². The average Bonchev–Trinajstić information content (AvgIpc) is 2.60. The number of anilines is 1. The zero-order valence-electron chi connectivity index (χ0n) is 15.5. The minimum Gasteiger partial charge on any atom is -0.383 e. The van der Waals surface area contributed by atoms with Crippen LogP contribution in [-0.2, 0) is 11.3 Å². The van der Waals surface area contributed by atoms with Crippen molar-refractivity contribution in [1.82, 2.24) is 20.6 Å². The number of hydrogen-bond acceptors (Lipinski definition) is 5. The second-order valence-corrected chi connectivity index (χ2v) is 6.17. The number of ether oxygens (including phenoxy) is 1. The number of aryl methyl sites for hydroxylation is 2. The second kappa shape index (κ2) is 10.5. The van der Waals surface area contributed by atoms with E-state index in [4.69, 9.17) is 17.0 Å². The van der Waals surface area contributed by atoms with Gasteiger partial charge in [0.15, 0.2) is 5.11 Å². The fourth-order valence-corrected chi connectivity index (χ4v) is 2.38. The van der Waals surface area contributed by atoms with Crippen LogP contribution >= 0.6 is 12.2 Å². The number of guanidine groups is 1. The molecule has 9 heteroatoms. The number of nitrogens with zero attached hydrogens (tertiary/aromatic N) is 3. The molecule has 0 atom stereocenters. The maximum atomic E-state index is 13.1. The van der Waals surface area contributed by atoms with Crippen molar-refractivity contribution in [2.45, 2.75) is 20.4 Å². The molecule has 0 bridgehead atoms. The fourth-order valence-electron chi connectivity index (χ4n) is 2.18. The number of nitrogens with one attached hydrogen (secondary N) is 3. The lowest BCUT2D eigenvalue weighted by Gasteiger charge is -2.14. The van der Waals surface area contributed by atoms with Crippen LogP contribution in [0.3, 0.4) is 0 Å². The molecule has 1 aromatic carbocycles. The zero-order chi connectivity index (χ0) is 19.6. The molecule has 2 aromatic rings. The maximum Gasteiger partial charge on any atom is 0.229 e. The Kier molecular flexibility index (Phi) is 8.02. The normalized spacial score (nSPS) is 11.2. The van der Waals surface area contributed by atoms with Crippen molar-refractivity contribution >= 4 is 29.2 Å². The number of hydrogen-bond donors (Lipinski definition) is 3. The van der Waals surface area contributed by atoms with Gasteiger partial charge in [0.1, 0.15) is 5.82 Å². The third-order valence-electron chi connectivity index (χ3n) is 3.37. The molecule has 0 aliphatic carbocycles. The van der Waals surface area contributed by atoms with E-state index in [1.807, 2.05) is 19.9 Å². The highest BCUT2D eigenvalue weighted by molar-refractivity contribution is 7.80. The van der Waals surface area contributed by atoms with Crippen LogP contribution in [0.1, 0.15) is 17.0 Å². The van der Waals surface area contributed by atoms with E-state index in [9.17, 15) is 4.39 Å². The number of aromatic nitrogens is 2. The molecule has 0 aliphatic rings. The Bertz CT molecular complexity index is 777. The van der Waals surface area contributed by atoms with Gasteiger partial charge in [0.05, 0.1) is 13.2 Å². The van der Waals surface area contributed by atoms with Crippen LogP contribution in [-0.4, -0.2) is 41.3 Å². The molecule has 0 aliphatic heterocycles. The largest absolute Gasteiger partial charge is 0.383 e. The number of benzene rings is 1. The van der Waals surface area contributed by atoms with Crippen LogP contribution in [0.5, 0.6) is 0 Å². The van der Waals surface area contributed by atoms with Crippen LogP contribution in [0, 0.1) is 19.7 Å². The molecule has 0 saturated carbocycles. The molecule has 7 nitrogen and oxygen atoms in total. The third kappa shape index (κ3) is 7.63. The van der Waals surface area contributed by atoms with Gasteiger partial charge in [-0.15, -0.1) is 0 Å². The van der Waals surface area contributed by atoms with E-state index in [1.165, 1.54) is 12.1 Å². The van der Waals surface area contributed by atoms with E-state index in [0.29, 0.717) is 36.7 Å². The Morgan fingerprint density at radius 3 is 2.48 bits per heavy atom. The lowest BCUT2D eigenvalue weighted by Crippen LogP contribution is -2.43. The van der Waals surface area contributed by atoms with Gasteiger partial charge in [0.25, 0.3) is 0 Å². The van der Waals surface area contributed by atoms with Crippen LogP contribution in [0.25, 0.3) is 0 Å². The van der Waals surface area contributed by atoms with Gasteiger partial charge < -0.3 is 15.4 Å². The molecule has 0 amide bonds. The average molecular weight is 390 g/mol. The predicted octanol–water partition coefficient (Wildman–Crippen LogP) is 2.31. The van der Waals surface area contributed by atoms with E-state index >= 15 is 0 Å². The Labute approximate surface area is 163 Å². The highest BCUT2D eigenvalue weighted by Gasteiger charge is 2.07. The van der Waals surface area contributed by atoms with Crippen molar-refractivity contribution in [3.05, 3.63) is 53.1 Å². The van der Waals surface area contributed by atoms with Crippen LogP contribution < -0.4 is 16.0 Å². The lowest BCUT2D eigenvalue weighted by molar-refractivity contribution is 0.204. The highest BCUT2D eigenvalue weighted by atomic mass is 32.1. The van der Waals surface area contributed by atoms with Crippen molar-refractivity contribution in [3.8, 4) is 0 Å². The Hall–Kier alpha value is -2.65. The van der Waals surface area contributed by atoms with E-state index in [2.05, 4.69) is 30.9 Å². The predicted molar refractivity (Wildman–Crippen MR) is 108 cm³/mol. The minimum absolute atomic E-state index is 0.286. The topological polar surface area (TPSA) is 83.5 Å². The summed E-state index contributed by atoms with van der Waals surface area (Å²) in [6.07, 6.45) is 0. The molecular weight excluding hydrogens is 367 g/mol. The lowest BCUT2D eigenvalue weighted by atomic mass is 10.2. The van der Waals surface area contributed by atoms with Gasteiger partial charge in [-0.1, -0.05) is 12.1 Å². The molecule has 0 spiro atoms. The summed E-state index contributed by atoms with van der Waals surface area (Å²) in [6, 6.07) is 8.04. The number of aliphatic imine (C=N–C) groups is 1. The summed E-state index contributed by atoms with van der Waals surface area (Å²) in [7, 11) is 1.62. The maximum absolute atomic E-state index is 13.1. The summed E-state index contributed by atoms with van der Waals surface area (Å²) in [5.74, 6) is 0.517.